The minimum absolute atomic E-state index is 0. The van der Waals surface area contributed by atoms with Gasteiger partial charge in [-0.05, 0) is 36.5 Å². The summed E-state index contributed by atoms with van der Waals surface area (Å²) >= 11 is 0. The molecule has 150 valence electrons. The number of rotatable bonds is 6. The van der Waals surface area contributed by atoms with Gasteiger partial charge in [-0.25, -0.2) is 0 Å². The maximum atomic E-state index is 13.2. The fourth-order valence-electron chi connectivity index (χ4n) is 3.58. The van der Waals surface area contributed by atoms with E-state index >= 15 is 0 Å². The van der Waals surface area contributed by atoms with Crippen molar-refractivity contribution >= 4 is 24.2 Å². The Bertz CT molecular complexity index is 782. The molecule has 2 aromatic rings. The van der Waals surface area contributed by atoms with Gasteiger partial charge in [-0.15, -0.1) is 12.4 Å². The summed E-state index contributed by atoms with van der Waals surface area (Å²) in [5.41, 5.74) is 8.38. The van der Waals surface area contributed by atoms with Gasteiger partial charge in [0, 0.05) is 31.7 Å². The van der Waals surface area contributed by atoms with Gasteiger partial charge in [-0.2, -0.15) is 0 Å². The Balaban J connectivity index is 0.00000280. The zero-order valence-electron chi connectivity index (χ0n) is 16.0. The van der Waals surface area contributed by atoms with Crippen molar-refractivity contribution in [3.05, 3.63) is 71.3 Å². The molecule has 0 aliphatic carbocycles. The molecule has 1 atom stereocenters. The van der Waals surface area contributed by atoms with Gasteiger partial charge in [0.1, 0.15) is 0 Å². The lowest BCUT2D eigenvalue weighted by Crippen LogP contribution is -2.46. The van der Waals surface area contributed by atoms with E-state index in [0.717, 1.165) is 30.4 Å². The molecule has 0 spiro atoms. The summed E-state index contributed by atoms with van der Waals surface area (Å²) in [5, 5.41) is 2.84. The first-order valence-electron chi connectivity index (χ1n) is 9.58. The first-order chi connectivity index (χ1) is 13.2. The highest BCUT2D eigenvalue weighted by Gasteiger charge is 2.29. The third-order valence-corrected chi connectivity index (χ3v) is 5.01. The summed E-state index contributed by atoms with van der Waals surface area (Å²) in [6.07, 6.45) is 2.37. The smallest absolute Gasteiger partial charge is 0.254 e. The molecule has 0 aromatic heterocycles. The predicted octanol–water partition coefficient (Wildman–Crippen LogP) is 2.63. The Kier molecular flexibility index (Phi) is 8.48. The van der Waals surface area contributed by atoms with Crippen molar-refractivity contribution in [2.75, 3.05) is 26.2 Å². The molecule has 0 saturated carbocycles. The van der Waals surface area contributed by atoms with Crippen molar-refractivity contribution in [1.29, 1.82) is 0 Å². The molecule has 1 aliphatic heterocycles. The van der Waals surface area contributed by atoms with Crippen LogP contribution in [0.4, 0.5) is 0 Å². The second kappa shape index (κ2) is 10.8. The van der Waals surface area contributed by atoms with E-state index in [1.807, 2.05) is 47.4 Å². The van der Waals surface area contributed by atoms with Crippen LogP contribution in [0.5, 0.6) is 0 Å². The fraction of sp³-hybridized carbons (Fsp3) is 0.364. The summed E-state index contributed by atoms with van der Waals surface area (Å²) in [4.78, 5) is 27.3. The Morgan fingerprint density at radius 3 is 2.54 bits per heavy atom. The molecule has 2 amide bonds. The molecule has 6 heteroatoms. The van der Waals surface area contributed by atoms with Gasteiger partial charge in [0.15, 0.2) is 0 Å². The van der Waals surface area contributed by atoms with Gasteiger partial charge in [0.25, 0.3) is 5.91 Å². The van der Waals surface area contributed by atoms with Crippen LogP contribution in [0.15, 0.2) is 54.6 Å². The number of amides is 2. The zero-order valence-corrected chi connectivity index (χ0v) is 16.8. The molecule has 3 N–H and O–H groups in total. The van der Waals surface area contributed by atoms with E-state index in [1.54, 1.807) is 0 Å². The van der Waals surface area contributed by atoms with Gasteiger partial charge in [0.05, 0.1) is 5.92 Å². The van der Waals surface area contributed by atoms with Crippen LogP contribution in [0.2, 0.25) is 0 Å². The molecule has 1 unspecified atom stereocenters. The van der Waals surface area contributed by atoms with Crippen LogP contribution in [0, 0.1) is 5.92 Å². The van der Waals surface area contributed by atoms with E-state index in [1.165, 1.54) is 5.56 Å². The molecular formula is C22H28ClN3O2. The summed E-state index contributed by atoms with van der Waals surface area (Å²) in [7, 11) is 0. The average Bonchev–Trinajstić information content (AvgIpc) is 2.73. The van der Waals surface area contributed by atoms with Gasteiger partial charge in [-0.1, -0.05) is 48.5 Å². The number of nitrogens with one attached hydrogen (secondary N) is 1. The van der Waals surface area contributed by atoms with Crippen molar-refractivity contribution in [2.45, 2.75) is 19.3 Å². The number of benzene rings is 2. The van der Waals surface area contributed by atoms with Gasteiger partial charge in [-0.3, -0.25) is 9.59 Å². The van der Waals surface area contributed by atoms with Crippen LogP contribution in [0.25, 0.3) is 0 Å². The number of carbonyl (C=O) groups excluding carboxylic acids is 2. The fourth-order valence-corrected chi connectivity index (χ4v) is 3.58. The highest BCUT2D eigenvalue weighted by Crippen LogP contribution is 2.22. The van der Waals surface area contributed by atoms with Crippen LogP contribution in [0.1, 0.15) is 34.3 Å². The summed E-state index contributed by atoms with van der Waals surface area (Å²) in [6.45, 7) is 2.06. The van der Waals surface area contributed by atoms with Crippen molar-refractivity contribution in [1.82, 2.24) is 10.2 Å². The van der Waals surface area contributed by atoms with E-state index < -0.39 is 0 Å². The quantitative estimate of drug-likeness (QED) is 0.781. The minimum Gasteiger partial charge on any atom is -0.355 e. The first-order valence-corrected chi connectivity index (χ1v) is 9.58. The van der Waals surface area contributed by atoms with Crippen LogP contribution >= 0.6 is 12.4 Å². The standard InChI is InChI=1S/C22H27N3O2.ClH/c23-12-13-24-21(26)19-10-6-14-25(16-19)22(27)20-11-5-4-9-18(20)15-17-7-2-1-3-8-17;/h1-5,7-9,11,19H,6,10,12-16,23H2,(H,24,26);1H. The molecule has 5 nitrogen and oxygen atoms in total. The number of piperidine rings is 1. The number of nitrogens with two attached hydrogens (primary N) is 1. The number of carbonyl (C=O) groups is 2. The second-order valence-electron chi connectivity index (χ2n) is 6.99. The number of hydrogen-bond donors (Lipinski definition) is 2. The lowest BCUT2D eigenvalue weighted by atomic mass is 9.94. The minimum atomic E-state index is -0.157. The van der Waals surface area contributed by atoms with Crippen LogP contribution in [0.3, 0.4) is 0 Å². The molecule has 1 saturated heterocycles. The van der Waals surface area contributed by atoms with Crippen LogP contribution < -0.4 is 11.1 Å². The number of halogens is 1. The maximum absolute atomic E-state index is 13.2. The first kappa shape index (κ1) is 21.9. The Morgan fingerprint density at radius 2 is 1.79 bits per heavy atom. The summed E-state index contributed by atoms with van der Waals surface area (Å²) in [5.74, 6) is -0.149. The predicted molar refractivity (Wildman–Crippen MR) is 114 cm³/mol. The molecule has 3 rings (SSSR count). The summed E-state index contributed by atoms with van der Waals surface area (Å²) < 4.78 is 0. The van der Waals surface area contributed by atoms with Crippen molar-refractivity contribution < 1.29 is 9.59 Å². The summed E-state index contributed by atoms with van der Waals surface area (Å²) in [6, 6.07) is 17.9. The molecule has 1 aliphatic rings. The second-order valence-corrected chi connectivity index (χ2v) is 6.99. The van der Waals surface area contributed by atoms with E-state index in [4.69, 9.17) is 5.73 Å². The molecule has 1 heterocycles. The molecule has 1 fully saturated rings. The number of nitrogens with zero attached hydrogens (tertiary/aromatic N) is 1. The van der Waals surface area contributed by atoms with Crippen LogP contribution in [-0.4, -0.2) is 42.9 Å². The monoisotopic (exact) mass is 401 g/mol. The van der Waals surface area contributed by atoms with Gasteiger partial charge < -0.3 is 16.0 Å². The van der Waals surface area contributed by atoms with E-state index in [0.29, 0.717) is 26.2 Å². The molecule has 2 aromatic carbocycles. The Morgan fingerprint density at radius 1 is 1.07 bits per heavy atom. The van der Waals surface area contributed by atoms with E-state index in [9.17, 15) is 9.59 Å². The Labute approximate surface area is 172 Å². The highest BCUT2D eigenvalue weighted by atomic mass is 35.5. The lowest BCUT2D eigenvalue weighted by Gasteiger charge is -2.32. The third kappa shape index (κ3) is 5.57. The van der Waals surface area contributed by atoms with Crippen molar-refractivity contribution in [3.63, 3.8) is 0 Å². The van der Waals surface area contributed by atoms with Crippen LogP contribution in [-0.2, 0) is 11.2 Å². The van der Waals surface area contributed by atoms with Gasteiger partial charge >= 0.3 is 0 Å². The molecule has 0 radical (unpaired) electrons. The largest absolute Gasteiger partial charge is 0.355 e. The number of likely N-dealkylation sites (tertiary alicyclic amines) is 1. The third-order valence-electron chi connectivity index (χ3n) is 5.01. The zero-order chi connectivity index (χ0) is 19.1. The van der Waals surface area contributed by atoms with Crippen molar-refractivity contribution in [2.24, 2.45) is 11.7 Å². The topological polar surface area (TPSA) is 75.4 Å². The average molecular weight is 402 g/mol. The van der Waals surface area contributed by atoms with E-state index in [-0.39, 0.29) is 30.1 Å². The Hall–Kier alpha value is -2.37. The van der Waals surface area contributed by atoms with Gasteiger partial charge in [0.2, 0.25) is 5.91 Å². The van der Waals surface area contributed by atoms with E-state index in [2.05, 4.69) is 17.4 Å². The molecule has 28 heavy (non-hydrogen) atoms. The normalized spacial score (nSPS) is 16.2. The number of hydrogen-bond acceptors (Lipinski definition) is 3. The van der Waals surface area contributed by atoms with Crippen molar-refractivity contribution in [3.8, 4) is 0 Å². The highest BCUT2D eigenvalue weighted by molar-refractivity contribution is 5.96. The molecular weight excluding hydrogens is 374 g/mol. The lowest BCUT2D eigenvalue weighted by molar-refractivity contribution is -0.126. The molecule has 0 bridgehead atoms. The SMILES string of the molecule is Cl.NCCNC(=O)C1CCCN(C(=O)c2ccccc2Cc2ccccc2)C1. The maximum Gasteiger partial charge on any atom is 0.254 e.